The topological polar surface area (TPSA) is 86.6 Å². The van der Waals surface area contributed by atoms with Crippen molar-refractivity contribution < 1.29 is 14.3 Å². The molecule has 0 bridgehead atoms. The molecule has 7 nitrogen and oxygen atoms in total. The van der Waals surface area contributed by atoms with Crippen LogP contribution in [0.25, 0.3) is 0 Å². The number of carbonyl (C=O) groups excluding carboxylic acids is 1. The van der Waals surface area contributed by atoms with Crippen molar-refractivity contribution in [3.8, 4) is 17.6 Å². The van der Waals surface area contributed by atoms with Crippen LogP contribution in [0.3, 0.4) is 0 Å². The number of carbonyl (C=O) groups is 1. The van der Waals surface area contributed by atoms with E-state index in [0.29, 0.717) is 34.9 Å². The van der Waals surface area contributed by atoms with Gasteiger partial charge in [0.2, 0.25) is 0 Å². The van der Waals surface area contributed by atoms with Crippen LogP contribution in [0.15, 0.2) is 36.4 Å². The highest BCUT2D eigenvalue weighted by atomic mass is 16.5. The maximum atomic E-state index is 12.9. The second kappa shape index (κ2) is 9.80. The summed E-state index contributed by atoms with van der Waals surface area (Å²) >= 11 is 0. The number of rotatable bonds is 7. The molecule has 2 aromatic rings. The van der Waals surface area contributed by atoms with Crippen LogP contribution in [0.5, 0.6) is 11.5 Å². The highest BCUT2D eigenvalue weighted by molar-refractivity contribution is 5.99. The Balaban J connectivity index is 1.74. The maximum Gasteiger partial charge on any atom is 0.253 e. The molecule has 0 aromatic heterocycles. The van der Waals surface area contributed by atoms with E-state index in [2.05, 4.69) is 21.8 Å². The van der Waals surface area contributed by atoms with Gasteiger partial charge in [-0.3, -0.25) is 4.79 Å². The maximum absolute atomic E-state index is 12.9. The van der Waals surface area contributed by atoms with Crippen molar-refractivity contribution in [2.45, 2.75) is 25.8 Å². The van der Waals surface area contributed by atoms with Crippen molar-refractivity contribution in [1.29, 1.82) is 5.26 Å². The van der Waals surface area contributed by atoms with Gasteiger partial charge in [-0.05, 0) is 48.7 Å². The molecule has 7 heteroatoms. The monoisotopic (exact) mass is 394 g/mol. The van der Waals surface area contributed by atoms with E-state index >= 15 is 0 Å². The fraction of sp³-hybridized carbons (Fsp3) is 0.364. The van der Waals surface area contributed by atoms with Gasteiger partial charge in [-0.1, -0.05) is 12.5 Å². The van der Waals surface area contributed by atoms with Crippen LogP contribution in [0, 0.1) is 11.3 Å². The minimum Gasteiger partial charge on any atom is -0.493 e. The van der Waals surface area contributed by atoms with Crippen molar-refractivity contribution >= 4 is 11.6 Å². The number of nitrogens with one attached hydrogen (secondary N) is 2. The molecule has 0 radical (unpaired) electrons. The summed E-state index contributed by atoms with van der Waals surface area (Å²) in [6, 6.07) is 12.7. The molecule has 1 aliphatic rings. The standard InChI is InChI=1S/C22H26N4O3/c1-28-20-9-7-17(13-21(20)29-2)15-24-22(27)18-12-16(14-23)6-8-19(18)25-26-10-4-3-5-11-26/h6-9,12-13,25H,3-5,10-11,15H2,1-2H3,(H,24,27). The summed E-state index contributed by atoms with van der Waals surface area (Å²) in [6.45, 7) is 2.21. The van der Waals surface area contributed by atoms with Gasteiger partial charge in [0.15, 0.2) is 11.5 Å². The van der Waals surface area contributed by atoms with Crippen LogP contribution >= 0.6 is 0 Å². The van der Waals surface area contributed by atoms with Gasteiger partial charge in [0.1, 0.15) is 0 Å². The van der Waals surface area contributed by atoms with Gasteiger partial charge >= 0.3 is 0 Å². The zero-order valence-corrected chi connectivity index (χ0v) is 16.8. The molecule has 152 valence electrons. The first-order valence-corrected chi connectivity index (χ1v) is 9.69. The summed E-state index contributed by atoms with van der Waals surface area (Å²) in [5.41, 5.74) is 5.83. The quantitative estimate of drug-likeness (QED) is 0.749. The molecule has 0 spiro atoms. The molecular formula is C22H26N4O3. The summed E-state index contributed by atoms with van der Waals surface area (Å²) in [6.07, 6.45) is 3.48. The van der Waals surface area contributed by atoms with Crippen LogP contribution < -0.4 is 20.2 Å². The minimum absolute atomic E-state index is 0.239. The largest absolute Gasteiger partial charge is 0.493 e. The van der Waals surface area contributed by atoms with E-state index in [4.69, 9.17) is 9.47 Å². The SMILES string of the molecule is COc1ccc(CNC(=O)c2cc(C#N)ccc2NN2CCCCC2)cc1OC. The van der Waals surface area contributed by atoms with Crippen molar-refractivity contribution in [3.05, 3.63) is 53.1 Å². The van der Waals surface area contributed by atoms with Crippen molar-refractivity contribution in [2.24, 2.45) is 0 Å². The lowest BCUT2D eigenvalue weighted by Crippen LogP contribution is -2.36. The lowest BCUT2D eigenvalue weighted by atomic mass is 10.1. The molecule has 0 atom stereocenters. The van der Waals surface area contributed by atoms with E-state index in [1.165, 1.54) is 6.42 Å². The molecule has 0 unspecified atom stereocenters. The first-order valence-electron chi connectivity index (χ1n) is 9.69. The molecule has 1 saturated heterocycles. The number of benzene rings is 2. The summed E-state index contributed by atoms with van der Waals surface area (Å²) in [5, 5.41) is 14.3. The molecule has 2 aromatic carbocycles. The van der Waals surface area contributed by atoms with Gasteiger partial charge in [-0.15, -0.1) is 0 Å². The lowest BCUT2D eigenvalue weighted by molar-refractivity contribution is 0.0951. The molecule has 0 aliphatic carbocycles. The number of hydrazine groups is 1. The number of hydrogen-bond donors (Lipinski definition) is 2. The van der Waals surface area contributed by atoms with Crippen LogP contribution in [0.1, 0.15) is 40.7 Å². The molecule has 3 rings (SSSR count). The summed E-state index contributed by atoms with van der Waals surface area (Å²) in [5.74, 6) is 1.01. The lowest BCUT2D eigenvalue weighted by Gasteiger charge is -2.28. The number of amides is 1. The molecule has 1 amide bonds. The number of nitrogens with zero attached hydrogens (tertiary/aromatic N) is 2. The molecule has 1 aliphatic heterocycles. The highest BCUT2D eigenvalue weighted by Crippen LogP contribution is 2.27. The Kier molecular flexibility index (Phi) is 6.93. The van der Waals surface area contributed by atoms with Gasteiger partial charge < -0.3 is 20.2 Å². The molecule has 1 heterocycles. The fourth-order valence-corrected chi connectivity index (χ4v) is 3.34. The van der Waals surface area contributed by atoms with Gasteiger partial charge in [-0.2, -0.15) is 5.26 Å². The van der Waals surface area contributed by atoms with Crippen molar-refractivity contribution in [3.63, 3.8) is 0 Å². The predicted molar refractivity (Wildman–Crippen MR) is 111 cm³/mol. The van der Waals surface area contributed by atoms with Crippen LogP contribution in [-0.4, -0.2) is 38.2 Å². The van der Waals surface area contributed by atoms with Gasteiger partial charge in [0, 0.05) is 19.6 Å². The Morgan fingerprint density at radius 1 is 1.07 bits per heavy atom. The van der Waals surface area contributed by atoms with Crippen molar-refractivity contribution in [1.82, 2.24) is 10.3 Å². The van der Waals surface area contributed by atoms with Crippen LogP contribution in [0.4, 0.5) is 5.69 Å². The predicted octanol–water partition coefficient (Wildman–Crippen LogP) is 3.32. The van der Waals surface area contributed by atoms with Gasteiger partial charge in [0.25, 0.3) is 5.91 Å². The zero-order valence-electron chi connectivity index (χ0n) is 16.8. The first-order chi connectivity index (χ1) is 14.1. The Labute approximate surface area is 171 Å². The van der Waals surface area contributed by atoms with Crippen LogP contribution in [-0.2, 0) is 6.54 Å². The average Bonchev–Trinajstić information content (AvgIpc) is 2.78. The third-order valence-corrected chi connectivity index (χ3v) is 4.93. The zero-order chi connectivity index (χ0) is 20.6. The second-order valence-electron chi connectivity index (χ2n) is 6.90. The van der Waals surface area contributed by atoms with Gasteiger partial charge in [0.05, 0.1) is 37.1 Å². The second-order valence-corrected chi connectivity index (χ2v) is 6.90. The summed E-state index contributed by atoms with van der Waals surface area (Å²) < 4.78 is 10.6. The number of piperidine rings is 1. The number of anilines is 1. The van der Waals surface area contributed by atoms with E-state index in [1.807, 2.05) is 12.1 Å². The van der Waals surface area contributed by atoms with E-state index in [9.17, 15) is 10.1 Å². The summed E-state index contributed by atoms with van der Waals surface area (Å²) in [7, 11) is 3.16. The molecular weight excluding hydrogens is 368 g/mol. The number of ether oxygens (including phenoxy) is 2. The van der Waals surface area contributed by atoms with Gasteiger partial charge in [-0.25, -0.2) is 5.01 Å². The minimum atomic E-state index is -0.239. The van der Waals surface area contributed by atoms with Crippen LogP contribution in [0.2, 0.25) is 0 Å². The summed E-state index contributed by atoms with van der Waals surface area (Å²) in [4.78, 5) is 12.9. The molecule has 1 fully saturated rings. The Morgan fingerprint density at radius 2 is 1.83 bits per heavy atom. The van der Waals surface area contributed by atoms with E-state index < -0.39 is 0 Å². The highest BCUT2D eigenvalue weighted by Gasteiger charge is 2.16. The number of hydrogen-bond acceptors (Lipinski definition) is 6. The molecule has 2 N–H and O–H groups in total. The Morgan fingerprint density at radius 3 is 2.52 bits per heavy atom. The third-order valence-electron chi connectivity index (χ3n) is 4.93. The fourth-order valence-electron chi connectivity index (χ4n) is 3.34. The van der Waals surface area contributed by atoms with E-state index in [1.54, 1.807) is 38.5 Å². The molecule has 29 heavy (non-hydrogen) atoms. The van der Waals surface area contributed by atoms with E-state index in [-0.39, 0.29) is 5.91 Å². The average molecular weight is 394 g/mol. The normalized spacial score (nSPS) is 14.0. The number of methoxy groups -OCH3 is 2. The molecule has 0 saturated carbocycles. The smallest absolute Gasteiger partial charge is 0.253 e. The Hall–Kier alpha value is -3.24. The number of nitriles is 1. The van der Waals surface area contributed by atoms with E-state index in [0.717, 1.165) is 31.5 Å². The van der Waals surface area contributed by atoms with Crippen molar-refractivity contribution in [2.75, 3.05) is 32.7 Å². The first kappa shape index (κ1) is 20.5. The Bertz CT molecular complexity index is 901. The third kappa shape index (κ3) is 5.18.